The summed E-state index contributed by atoms with van der Waals surface area (Å²) in [4.78, 5) is 52.8. The van der Waals surface area contributed by atoms with E-state index in [1.54, 1.807) is 7.11 Å². The first kappa shape index (κ1) is 41.2. The van der Waals surface area contributed by atoms with E-state index in [9.17, 15) is 24.9 Å². The summed E-state index contributed by atoms with van der Waals surface area (Å²) in [5, 5.41) is 37.2. The highest BCUT2D eigenvalue weighted by molar-refractivity contribution is 5.95. The summed E-state index contributed by atoms with van der Waals surface area (Å²) in [5.74, 6) is -2.32. The largest absolute Gasteiger partial charge is 0.496 e. The quantitative estimate of drug-likeness (QED) is 0.193. The number of hydrogen-bond donors (Lipinski definition) is 4. The van der Waals surface area contributed by atoms with Crippen LogP contribution in [0.5, 0.6) is 5.75 Å². The molecule has 3 saturated heterocycles. The highest BCUT2D eigenvalue weighted by Crippen LogP contribution is 2.67. The zero-order valence-corrected chi connectivity index (χ0v) is 35.8. The predicted octanol–water partition coefficient (Wildman–Crippen LogP) is 3.39. The molecule has 2 bridgehead atoms. The number of aromatic amines is 1. The third kappa shape index (κ3) is 5.20. The molecule has 12 atom stereocenters. The smallest absolute Gasteiger partial charge is 0.344 e. The molecule has 14 nitrogen and oxygen atoms in total. The van der Waals surface area contributed by atoms with E-state index in [1.165, 1.54) is 21.1 Å². The fourth-order valence-corrected chi connectivity index (χ4v) is 13.9. The summed E-state index contributed by atoms with van der Waals surface area (Å²) >= 11 is 0. The monoisotopic (exact) mass is 828 g/mol. The lowest BCUT2D eigenvalue weighted by atomic mass is 9.53. The van der Waals surface area contributed by atoms with Crippen molar-refractivity contribution in [2.75, 3.05) is 59.5 Å². The predicted molar refractivity (Wildman–Crippen MR) is 222 cm³/mol. The first-order valence-electron chi connectivity index (χ1n) is 21.7. The number of hydrogen-bond acceptors (Lipinski definition) is 13. The average Bonchev–Trinajstić information content (AvgIpc) is 3.99. The molecule has 3 aromatic rings. The van der Waals surface area contributed by atoms with E-state index in [0.717, 1.165) is 27.7 Å². The number of para-hydroxylation sites is 1. The van der Waals surface area contributed by atoms with Crippen LogP contribution in [-0.2, 0) is 45.8 Å². The van der Waals surface area contributed by atoms with Gasteiger partial charge in [-0.25, -0.2) is 4.79 Å². The number of benzene rings is 2. The van der Waals surface area contributed by atoms with Crippen LogP contribution in [0, 0.1) is 17.8 Å². The number of esters is 3. The van der Waals surface area contributed by atoms with E-state index in [4.69, 9.17) is 18.9 Å². The second-order valence-electron chi connectivity index (χ2n) is 18.4. The number of H-pyrrole nitrogens is 1. The van der Waals surface area contributed by atoms with E-state index >= 15 is 4.79 Å². The second-order valence-corrected chi connectivity index (χ2v) is 18.4. The number of likely N-dealkylation sites (N-methyl/N-ethyl adjacent to an activating group) is 1. The summed E-state index contributed by atoms with van der Waals surface area (Å²) in [7, 11) is 6.09. The van der Waals surface area contributed by atoms with Crippen LogP contribution in [0.3, 0.4) is 0 Å². The third-order valence-corrected chi connectivity index (χ3v) is 16.2. The van der Waals surface area contributed by atoms with Gasteiger partial charge in [0.25, 0.3) is 0 Å². The summed E-state index contributed by atoms with van der Waals surface area (Å²) in [6, 6.07) is 10.4. The number of anilines is 1. The van der Waals surface area contributed by atoms with Gasteiger partial charge in [-0.1, -0.05) is 38.5 Å². The van der Waals surface area contributed by atoms with E-state index in [2.05, 4.69) is 26.9 Å². The van der Waals surface area contributed by atoms with Gasteiger partial charge in [0.2, 0.25) is 5.60 Å². The molecular formula is C46H60N4O10. The van der Waals surface area contributed by atoms with Crippen LogP contribution < -0.4 is 9.64 Å². The normalized spacial score (nSPS) is 37.9. The Labute approximate surface area is 351 Å². The van der Waals surface area contributed by atoms with Crippen molar-refractivity contribution in [3.63, 3.8) is 0 Å². The molecule has 4 fully saturated rings. The minimum atomic E-state index is -2.32. The maximum atomic E-state index is 15.3. The molecular weight excluding hydrogens is 769 g/mol. The molecule has 0 radical (unpaired) electrons. The number of aliphatic hydroxyl groups is 3. The average molecular weight is 829 g/mol. The van der Waals surface area contributed by atoms with Crippen LogP contribution in [0.1, 0.15) is 81.7 Å². The number of aromatic nitrogens is 1. The lowest BCUT2D eigenvalue weighted by Gasteiger charge is -2.56. The molecule has 5 unspecified atom stereocenters. The molecule has 6 aliphatic rings. The zero-order valence-electron chi connectivity index (χ0n) is 35.8. The summed E-state index contributed by atoms with van der Waals surface area (Å²) in [5.41, 5.74) is -0.902. The van der Waals surface area contributed by atoms with Crippen LogP contribution in [0.25, 0.3) is 10.9 Å². The number of nitrogens with zero attached hydrogens (tertiary/aromatic N) is 3. The molecule has 14 heteroatoms. The minimum absolute atomic E-state index is 0.0137. The number of carbonyl (C=O) groups is 3. The number of ether oxygens (including phenoxy) is 4. The van der Waals surface area contributed by atoms with Crippen LogP contribution >= 0.6 is 0 Å². The fraction of sp³-hybridized carbons (Fsp3) is 0.630. The molecule has 324 valence electrons. The number of piperidine rings is 1. The molecule has 4 N–H and O–H groups in total. The Morgan fingerprint density at radius 3 is 2.40 bits per heavy atom. The molecule has 2 aromatic carbocycles. The van der Waals surface area contributed by atoms with Crippen LogP contribution in [0.4, 0.5) is 5.69 Å². The topological polar surface area (TPSA) is 174 Å². The Kier molecular flexibility index (Phi) is 9.90. The first-order valence-corrected chi connectivity index (χ1v) is 21.7. The Hall–Kier alpha value is -4.21. The Bertz CT molecular complexity index is 2230. The van der Waals surface area contributed by atoms with Crippen molar-refractivity contribution in [1.82, 2.24) is 14.8 Å². The van der Waals surface area contributed by atoms with E-state index < -0.39 is 58.1 Å². The summed E-state index contributed by atoms with van der Waals surface area (Å²) < 4.78 is 23.8. The lowest BCUT2D eigenvalue weighted by molar-refractivity contribution is -0.213. The van der Waals surface area contributed by atoms with Crippen LogP contribution in [0.15, 0.2) is 36.4 Å². The van der Waals surface area contributed by atoms with Gasteiger partial charge in [0, 0.05) is 84.4 Å². The second kappa shape index (κ2) is 14.4. The van der Waals surface area contributed by atoms with Gasteiger partial charge in [-0.2, -0.15) is 0 Å². The highest BCUT2D eigenvalue weighted by Gasteiger charge is 2.80. The van der Waals surface area contributed by atoms with Gasteiger partial charge in [0.1, 0.15) is 23.0 Å². The molecule has 0 amide bonds. The highest BCUT2D eigenvalue weighted by atomic mass is 16.6. The number of rotatable bonds is 8. The molecule has 1 saturated carbocycles. The number of methoxy groups -OCH3 is 3. The zero-order chi connectivity index (χ0) is 42.7. The van der Waals surface area contributed by atoms with Crippen LogP contribution in [0.2, 0.25) is 0 Å². The Morgan fingerprint density at radius 1 is 0.983 bits per heavy atom. The Balaban J connectivity index is 1.34. The summed E-state index contributed by atoms with van der Waals surface area (Å²) in [6.45, 7) is 6.94. The van der Waals surface area contributed by atoms with Crippen molar-refractivity contribution in [3.05, 3.63) is 58.8 Å². The number of fused-ring (bicyclic) bond motifs is 6. The minimum Gasteiger partial charge on any atom is -0.496 e. The summed E-state index contributed by atoms with van der Waals surface area (Å²) in [6.07, 6.45) is 2.62. The maximum absolute atomic E-state index is 15.3. The van der Waals surface area contributed by atoms with Crippen molar-refractivity contribution in [2.24, 2.45) is 17.8 Å². The van der Waals surface area contributed by atoms with Gasteiger partial charge in [0.15, 0.2) is 0 Å². The van der Waals surface area contributed by atoms with Crippen molar-refractivity contribution in [1.29, 1.82) is 0 Å². The maximum Gasteiger partial charge on any atom is 0.344 e. The molecule has 6 heterocycles. The van der Waals surface area contributed by atoms with Gasteiger partial charge < -0.3 is 44.2 Å². The van der Waals surface area contributed by atoms with Gasteiger partial charge in [-0.3, -0.25) is 19.4 Å². The van der Waals surface area contributed by atoms with Crippen molar-refractivity contribution >= 4 is 34.5 Å². The van der Waals surface area contributed by atoms with Crippen LogP contribution in [-0.4, -0.2) is 138 Å². The van der Waals surface area contributed by atoms with Crippen molar-refractivity contribution in [2.45, 2.75) is 112 Å². The molecule has 1 aliphatic carbocycles. The van der Waals surface area contributed by atoms with Gasteiger partial charge in [-0.15, -0.1) is 0 Å². The van der Waals surface area contributed by atoms with Gasteiger partial charge in [0.05, 0.1) is 34.0 Å². The SMILES string of the molecule is CC[C@@H]1C2[C@@H]3N(CCC34c3cc([C@@]5(C(=O)OC)CC6CCC(O)(CC)N(CCc7c5[nH]c5ccccc75)C6)c(OC)cc3N(C)[C@H]4[C@@](O)(C(=O)OC)[C@@H]2OC(C)=O)[C@@H]1CO. The number of nitrogens with one attached hydrogen (secondary N) is 1. The Morgan fingerprint density at radius 2 is 1.73 bits per heavy atom. The molecule has 9 rings (SSSR count). The number of carbonyl (C=O) groups excluding carboxylic acids is 3. The first-order chi connectivity index (χ1) is 28.7. The van der Waals surface area contributed by atoms with Gasteiger partial charge in [-0.05, 0) is 80.2 Å². The van der Waals surface area contributed by atoms with E-state index in [0.29, 0.717) is 81.6 Å². The van der Waals surface area contributed by atoms with Crippen molar-refractivity contribution in [3.8, 4) is 5.75 Å². The lowest BCUT2D eigenvalue weighted by Crippen LogP contribution is -2.77. The van der Waals surface area contributed by atoms with E-state index in [-0.39, 0.29) is 30.5 Å². The number of aliphatic hydroxyl groups excluding tert-OH is 1. The van der Waals surface area contributed by atoms with Crippen molar-refractivity contribution < 1.29 is 48.7 Å². The fourth-order valence-electron chi connectivity index (χ4n) is 13.9. The third-order valence-electron chi connectivity index (χ3n) is 16.2. The standard InChI is InChI=1S/C46H60N4O10/c1-8-27-34(24-51)50-19-17-44-30-20-31(35(57-5)21-33(30)48(4)40(44)46(56,42(54)59-7)39(60-25(3)52)36(27)38(44)50)45(41(53)58-6)22-26-14-16-43(55,9-2)49(23-26)18-15-29-28-12-10-11-13-32(28)47-37(29)45/h10-13,20-21,26-27,34,36,38-40,47,51,55-56H,8-9,14-19,22-24H2,1-7H3/t26?,27-,34+,36?,38-,39+,40+,43?,44?,45-,46+/m0/s1. The van der Waals surface area contributed by atoms with Gasteiger partial charge >= 0.3 is 17.9 Å². The molecule has 60 heavy (non-hydrogen) atoms. The van der Waals surface area contributed by atoms with E-state index in [1.807, 2.05) is 50.1 Å². The molecule has 5 aliphatic heterocycles. The molecule has 1 aromatic heterocycles. The molecule has 1 spiro atoms.